The maximum absolute atomic E-state index is 13.8. The number of nitrogens with zero attached hydrogens (tertiary/aromatic N) is 1. The first-order valence-electron chi connectivity index (χ1n) is 7.24. The second-order valence-corrected chi connectivity index (χ2v) is 5.74. The minimum Gasteiger partial charge on any atom is -0.396 e. The van der Waals surface area contributed by atoms with Gasteiger partial charge in [0.25, 0.3) is 0 Å². The van der Waals surface area contributed by atoms with Crippen LogP contribution in [0.3, 0.4) is 0 Å². The third kappa shape index (κ3) is 2.51. The molecule has 1 aromatic heterocycles. The SMILES string of the molecule is Cc1c(CCO)c2c(Cl)c(F)ccc2n1Cc1ccccc1. The number of rotatable bonds is 4. The van der Waals surface area contributed by atoms with Crippen LogP contribution in [0.4, 0.5) is 4.39 Å². The Morgan fingerprint density at radius 1 is 1.14 bits per heavy atom. The largest absolute Gasteiger partial charge is 0.396 e. The first-order valence-corrected chi connectivity index (χ1v) is 7.61. The molecule has 1 N–H and O–H groups in total. The Labute approximate surface area is 133 Å². The lowest BCUT2D eigenvalue weighted by Crippen LogP contribution is -2.02. The quantitative estimate of drug-likeness (QED) is 0.761. The third-order valence-corrected chi connectivity index (χ3v) is 4.42. The fourth-order valence-electron chi connectivity index (χ4n) is 2.96. The molecule has 0 amide bonds. The van der Waals surface area contributed by atoms with E-state index < -0.39 is 5.82 Å². The highest BCUT2D eigenvalue weighted by molar-refractivity contribution is 6.36. The summed E-state index contributed by atoms with van der Waals surface area (Å²) < 4.78 is 16.0. The van der Waals surface area contributed by atoms with E-state index in [0.29, 0.717) is 18.4 Å². The molecule has 4 heteroatoms. The number of aromatic nitrogens is 1. The lowest BCUT2D eigenvalue weighted by molar-refractivity contribution is 0.299. The number of hydrogen-bond acceptors (Lipinski definition) is 1. The zero-order valence-electron chi connectivity index (χ0n) is 12.3. The maximum atomic E-state index is 13.8. The average molecular weight is 318 g/mol. The van der Waals surface area contributed by atoms with E-state index in [1.54, 1.807) is 6.07 Å². The van der Waals surface area contributed by atoms with Crippen molar-refractivity contribution < 1.29 is 9.50 Å². The molecule has 2 aromatic carbocycles. The summed E-state index contributed by atoms with van der Waals surface area (Å²) in [5.74, 6) is -0.426. The molecule has 0 aliphatic carbocycles. The Morgan fingerprint density at radius 2 is 1.86 bits per heavy atom. The van der Waals surface area contributed by atoms with Crippen LogP contribution in [0.1, 0.15) is 16.8 Å². The van der Waals surface area contributed by atoms with Crippen molar-refractivity contribution in [3.63, 3.8) is 0 Å². The van der Waals surface area contributed by atoms with Gasteiger partial charge in [0.2, 0.25) is 0 Å². The Hall–Kier alpha value is -1.84. The van der Waals surface area contributed by atoms with Gasteiger partial charge in [-0.05, 0) is 36.6 Å². The van der Waals surface area contributed by atoms with Gasteiger partial charge in [-0.3, -0.25) is 0 Å². The standard InChI is InChI=1S/C18H17ClFNO/c1-12-14(9-10-22)17-16(8-7-15(20)18(17)19)21(12)11-13-5-3-2-4-6-13/h2-8,22H,9-11H2,1H3. The summed E-state index contributed by atoms with van der Waals surface area (Å²) >= 11 is 6.19. The lowest BCUT2D eigenvalue weighted by Gasteiger charge is -2.09. The van der Waals surface area contributed by atoms with Gasteiger partial charge >= 0.3 is 0 Å². The molecule has 0 aliphatic rings. The monoisotopic (exact) mass is 317 g/mol. The fourth-order valence-corrected chi connectivity index (χ4v) is 3.24. The van der Waals surface area contributed by atoms with Crippen molar-refractivity contribution in [2.24, 2.45) is 0 Å². The van der Waals surface area contributed by atoms with Gasteiger partial charge in [0.1, 0.15) is 5.82 Å². The smallest absolute Gasteiger partial charge is 0.142 e. The molecule has 0 saturated carbocycles. The van der Waals surface area contributed by atoms with Crippen LogP contribution in [0.15, 0.2) is 42.5 Å². The normalized spacial score (nSPS) is 11.3. The average Bonchev–Trinajstić information content (AvgIpc) is 2.78. The van der Waals surface area contributed by atoms with Gasteiger partial charge in [0.05, 0.1) is 10.5 Å². The molecule has 114 valence electrons. The molecular formula is C18H17ClFNO. The number of fused-ring (bicyclic) bond motifs is 1. The molecule has 3 aromatic rings. The van der Waals surface area contributed by atoms with E-state index in [2.05, 4.69) is 16.7 Å². The maximum Gasteiger partial charge on any atom is 0.142 e. The Morgan fingerprint density at radius 3 is 2.55 bits per heavy atom. The molecule has 0 aliphatic heterocycles. The molecule has 0 radical (unpaired) electrons. The molecule has 0 atom stereocenters. The summed E-state index contributed by atoms with van der Waals surface area (Å²) in [5, 5.41) is 10.2. The second kappa shape index (κ2) is 6.11. The summed E-state index contributed by atoms with van der Waals surface area (Å²) in [4.78, 5) is 0. The molecule has 0 saturated heterocycles. The van der Waals surface area contributed by atoms with Crippen LogP contribution in [-0.4, -0.2) is 16.3 Å². The summed E-state index contributed by atoms with van der Waals surface area (Å²) in [6.45, 7) is 2.69. The van der Waals surface area contributed by atoms with Gasteiger partial charge in [0.15, 0.2) is 0 Å². The summed E-state index contributed by atoms with van der Waals surface area (Å²) in [6.07, 6.45) is 0.466. The fraction of sp³-hybridized carbons (Fsp3) is 0.222. The first kappa shape index (κ1) is 15.1. The molecule has 0 bridgehead atoms. The van der Waals surface area contributed by atoms with Crippen LogP contribution >= 0.6 is 11.6 Å². The predicted octanol–water partition coefficient (Wildman–Crippen LogP) is 4.33. The van der Waals surface area contributed by atoms with Crippen molar-refractivity contribution in [3.05, 3.63) is 70.1 Å². The second-order valence-electron chi connectivity index (χ2n) is 5.36. The highest BCUT2D eigenvalue weighted by Gasteiger charge is 2.18. The Kier molecular flexibility index (Phi) is 4.19. The van der Waals surface area contributed by atoms with Crippen molar-refractivity contribution >= 4 is 22.5 Å². The lowest BCUT2D eigenvalue weighted by atomic mass is 10.1. The van der Waals surface area contributed by atoms with Crippen molar-refractivity contribution in [1.29, 1.82) is 0 Å². The number of aliphatic hydroxyl groups excluding tert-OH is 1. The van der Waals surface area contributed by atoms with Crippen molar-refractivity contribution in [1.82, 2.24) is 4.57 Å². The molecule has 0 spiro atoms. The number of aliphatic hydroxyl groups is 1. The van der Waals surface area contributed by atoms with E-state index in [9.17, 15) is 9.50 Å². The zero-order chi connectivity index (χ0) is 15.7. The highest BCUT2D eigenvalue weighted by atomic mass is 35.5. The number of benzene rings is 2. The number of halogens is 2. The van der Waals surface area contributed by atoms with Crippen molar-refractivity contribution in [2.75, 3.05) is 6.61 Å². The van der Waals surface area contributed by atoms with E-state index in [1.165, 1.54) is 11.6 Å². The topological polar surface area (TPSA) is 25.2 Å². The van der Waals surface area contributed by atoms with Gasteiger partial charge in [-0.15, -0.1) is 0 Å². The van der Waals surface area contributed by atoms with Gasteiger partial charge in [0, 0.05) is 24.2 Å². The summed E-state index contributed by atoms with van der Waals surface area (Å²) in [7, 11) is 0. The van der Waals surface area contributed by atoms with Gasteiger partial charge in [-0.2, -0.15) is 0 Å². The Bertz CT molecular complexity index is 811. The molecule has 3 rings (SSSR count). The molecule has 2 nitrogen and oxygen atoms in total. The summed E-state index contributed by atoms with van der Waals surface area (Å²) in [6, 6.07) is 13.2. The van der Waals surface area contributed by atoms with Crippen molar-refractivity contribution in [3.8, 4) is 0 Å². The van der Waals surface area contributed by atoms with Crippen LogP contribution in [-0.2, 0) is 13.0 Å². The summed E-state index contributed by atoms with van der Waals surface area (Å²) in [5.41, 5.74) is 3.99. The molecule has 0 unspecified atom stereocenters. The highest BCUT2D eigenvalue weighted by Crippen LogP contribution is 2.34. The van der Waals surface area contributed by atoms with E-state index in [0.717, 1.165) is 16.8 Å². The van der Waals surface area contributed by atoms with Crippen LogP contribution in [0.5, 0.6) is 0 Å². The van der Waals surface area contributed by atoms with Crippen molar-refractivity contribution in [2.45, 2.75) is 19.9 Å². The molecule has 1 heterocycles. The van der Waals surface area contributed by atoms with E-state index in [-0.39, 0.29) is 11.6 Å². The zero-order valence-corrected chi connectivity index (χ0v) is 13.1. The third-order valence-electron chi connectivity index (χ3n) is 4.05. The Balaban J connectivity index is 2.22. The van der Waals surface area contributed by atoms with Crippen LogP contribution in [0.2, 0.25) is 5.02 Å². The number of hydrogen-bond donors (Lipinski definition) is 1. The molecule has 0 fully saturated rings. The van der Waals surface area contributed by atoms with Crippen LogP contribution in [0.25, 0.3) is 10.9 Å². The molecular weight excluding hydrogens is 301 g/mol. The minimum absolute atomic E-state index is 0.0120. The minimum atomic E-state index is -0.426. The molecule has 22 heavy (non-hydrogen) atoms. The van der Waals surface area contributed by atoms with E-state index >= 15 is 0 Å². The van der Waals surface area contributed by atoms with Gasteiger partial charge in [-0.25, -0.2) is 4.39 Å². The van der Waals surface area contributed by atoms with Gasteiger partial charge < -0.3 is 9.67 Å². The van der Waals surface area contributed by atoms with E-state index in [4.69, 9.17) is 11.6 Å². The first-order chi connectivity index (χ1) is 10.6. The van der Waals surface area contributed by atoms with Gasteiger partial charge in [-0.1, -0.05) is 41.9 Å². The van der Waals surface area contributed by atoms with E-state index in [1.807, 2.05) is 25.1 Å². The predicted molar refractivity (Wildman–Crippen MR) is 88.0 cm³/mol. The van der Waals surface area contributed by atoms with Crippen LogP contribution < -0.4 is 0 Å². The van der Waals surface area contributed by atoms with Crippen LogP contribution in [0, 0.1) is 12.7 Å².